The second-order valence-electron chi connectivity index (χ2n) is 18.6. The molecule has 0 saturated carbocycles. The Morgan fingerprint density at radius 1 is 1.16 bits per heavy atom. The van der Waals surface area contributed by atoms with Gasteiger partial charge in [0.2, 0.25) is 11.8 Å². The van der Waals surface area contributed by atoms with Crippen LogP contribution in [-0.2, 0) is 48.0 Å². The van der Waals surface area contributed by atoms with Crippen molar-refractivity contribution >= 4 is 52.0 Å². The highest BCUT2D eigenvalue weighted by atomic mass is 32.1. The zero-order valence-electron chi connectivity index (χ0n) is 38.7. The highest BCUT2D eigenvalue weighted by molar-refractivity contribution is 7.10. The summed E-state index contributed by atoms with van der Waals surface area (Å²) in [7, 11) is 4.76. The zero-order valence-corrected chi connectivity index (χ0v) is 39.5. The molecule has 0 radical (unpaired) electrons. The van der Waals surface area contributed by atoms with E-state index < -0.39 is 53.4 Å². The molecule has 3 N–H and O–H groups in total. The molecule has 16 nitrogen and oxygen atoms in total. The lowest BCUT2D eigenvalue weighted by molar-refractivity contribution is -0.157. The molecule has 2 saturated heterocycles. The molecule has 0 spiro atoms. The molecule has 17 heteroatoms. The second kappa shape index (κ2) is 19.0. The Kier molecular flexibility index (Phi) is 13.8. The molecule has 3 aliphatic rings. The number of likely N-dealkylation sites (tertiary alicyclic amines) is 1. The lowest BCUT2D eigenvalue weighted by Crippen LogP contribution is -2.65. The molecular formula is C47H63N9O7S. The number of likely N-dealkylation sites (N-methyl/N-ethyl adjacent to an activating group) is 2. The molecule has 6 heterocycles. The van der Waals surface area contributed by atoms with Gasteiger partial charge in [-0.25, -0.2) is 15.2 Å². The first-order valence-electron chi connectivity index (χ1n) is 22.3. The first-order chi connectivity index (χ1) is 30.5. The number of benzene rings is 1. The van der Waals surface area contributed by atoms with Crippen molar-refractivity contribution in [1.82, 2.24) is 45.4 Å². The van der Waals surface area contributed by atoms with Gasteiger partial charge in [0.05, 0.1) is 34.8 Å². The van der Waals surface area contributed by atoms with E-state index in [2.05, 4.69) is 65.7 Å². The van der Waals surface area contributed by atoms with Gasteiger partial charge < -0.3 is 34.5 Å². The number of esters is 1. The van der Waals surface area contributed by atoms with Crippen LogP contribution in [0, 0.1) is 17.3 Å². The smallest absolute Gasteiger partial charge is 0.324 e. The van der Waals surface area contributed by atoms with Gasteiger partial charge in [-0.1, -0.05) is 40.7 Å². The molecule has 3 aromatic heterocycles. The summed E-state index contributed by atoms with van der Waals surface area (Å²) < 4.78 is 14.3. The fourth-order valence-corrected chi connectivity index (χ4v) is 10.2. The van der Waals surface area contributed by atoms with E-state index in [-0.39, 0.29) is 36.9 Å². The summed E-state index contributed by atoms with van der Waals surface area (Å²) in [6, 6.07) is 6.44. The van der Waals surface area contributed by atoms with Crippen molar-refractivity contribution in [2.75, 3.05) is 40.9 Å². The summed E-state index contributed by atoms with van der Waals surface area (Å²) in [4.78, 5) is 82.0. The number of nitrogens with one attached hydrogen (secondary N) is 3. The molecule has 6 bridgehead atoms. The molecule has 2 fully saturated rings. The number of pyridine rings is 1. The lowest BCUT2D eigenvalue weighted by Gasteiger charge is -2.43. The number of aromatic nitrogens is 3. The number of hydrogen-bond acceptors (Lipinski definition) is 11. The van der Waals surface area contributed by atoms with E-state index in [0.717, 1.165) is 44.7 Å². The SMILES string of the molecule is CCn1c(-c2cccnc2[C@H](C)OC)c2c3cc(ccc31)-c1csc(n1)C[C@H](NC(=O)[C@H](C(C)C)N(C)C(=O)N1CC[C@H]1C(=O)NC)C(=O)N1CC(C)C[C@H](N1)C(=O)OCC(C)(C)C2. The summed E-state index contributed by atoms with van der Waals surface area (Å²) in [5.74, 6) is -2.10. The largest absolute Gasteiger partial charge is 0.464 e. The van der Waals surface area contributed by atoms with Crippen LogP contribution in [0.3, 0.4) is 0 Å². The Morgan fingerprint density at radius 2 is 1.92 bits per heavy atom. The maximum atomic E-state index is 14.7. The number of ether oxygens (including phenoxy) is 2. The molecular weight excluding hydrogens is 835 g/mol. The third kappa shape index (κ3) is 9.24. The first kappa shape index (κ1) is 46.6. The van der Waals surface area contributed by atoms with Crippen LogP contribution in [-0.4, -0.2) is 124 Å². The molecule has 1 unspecified atom stereocenters. The number of amides is 5. The Morgan fingerprint density at radius 3 is 2.59 bits per heavy atom. The number of methoxy groups -OCH3 is 1. The number of hydrogen-bond donors (Lipinski definition) is 3. The maximum absolute atomic E-state index is 14.7. The van der Waals surface area contributed by atoms with Gasteiger partial charge in [0, 0.05) is 86.3 Å². The van der Waals surface area contributed by atoms with Gasteiger partial charge >= 0.3 is 12.0 Å². The minimum Gasteiger partial charge on any atom is -0.464 e. The first-order valence-corrected chi connectivity index (χ1v) is 23.2. The Balaban J connectivity index is 1.29. The van der Waals surface area contributed by atoms with Crippen molar-refractivity contribution in [2.24, 2.45) is 17.3 Å². The van der Waals surface area contributed by atoms with Crippen LogP contribution >= 0.6 is 11.3 Å². The molecule has 6 atom stereocenters. The van der Waals surface area contributed by atoms with E-state index in [0.29, 0.717) is 43.9 Å². The molecule has 7 rings (SSSR count). The molecule has 64 heavy (non-hydrogen) atoms. The topological polar surface area (TPSA) is 180 Å². The van der Waals surface area contributed by atoms with Crippen molar-refractivity contribution in [1.29, 1.82) is 0 Å². The van der Waals surface area contributed by atoms with Gasteiger partial charge in [0.1, 0.15) is 24.2 Å². The number of urea groups is 1. The monoisotopic (exact) mass is 897 g/mol. The Hall–Kier alpha value is -5.39. The van der Waals surface area contributed by atoms with Crippen molar-refractivity contribution in [3.8, 4) is 22.5 Å². The predicted molar refractivity (Wildman–Crippen MR) is 245 cm³/mol. The molecule has 0 aliphatic carbocycles. The molecule has 5 amide bonds. The second-order valence-corrected chi connectivity index (χ2v) is 19.6. The van der Waals surface area contributed by atoms with E-state index >= 15 is 0 Å². The maximum Gasteiger partial charge on any atom is 0.324 e. The van der Waals surface area contributed by atoms with E-state index in [1.807, 2.05) is 39.1 Å². The standard InChI is InChI=1S/C47H63N9O7S/c1-11-54-36-15-14-29-20-31(36)32(41(54)30-13-12-17-49-39(30)28(5)62-10)22-47(6,7)25-63-45(60)34-19-27(4)23-56(52-34)44(59)33(21-38-50-35(29)24-64-38)51-43(58)40(26(2)3)53(9)46(61)55-18-16-37(55)42(57)48-8/h12-15,17,20,24,26-28,33-34,37,40,52H,11,16,18-19,21-23,25H2,1-10H3,(H,48,57)(H,51,58)/t27?,28-,33-,34-,37-,40-/m0/s1. The van der Waals surface area contributed by atoms with Gasteiger partial charge in [-0.2, -0.15) is 0 Å². The number of hydrazine groups is 1. The average Bonchev–Trinajstić information content (AvgIpc) is 3.85. The van der Waals surface area contributed by atoms with Gasteiger partial charge in [-0.3, -0.25) is 29.2 Å². The van der Waals surface area contributed by atoms with Crippen molar-refractivity contribution in [2.45, 2.75) is 111 Å². The summed E-state index contributed by atoms with van der Waals surface area (Å²) in [6.07, 6.45) is 3.14. The van der Waals surface area contributed by atoms with Crippen molar-refractivity contribution < 1.29 is 33.4 Å². The average molecular weight is 898 g/mol. The van der Waals surface area contributed by atoms with Crippen LogP contribution in [0.15, 0.2) is 41.9 Å². The highest BCUT2D eigenvalue weighted by Crippen LogP contribution is 2.42. The number of thiazole rings is 1. The van der Waals surface area contributed by atoms with Gasteiger partial charge in [-0.15, -0.1) is 11.3 Å². The zero-order chi connectivity index (χ0) is 46.2. The van der Waals surface area contributed by atoms with Crippen molar-refractivity contribution in [3.63, 3.8) is 0 Å². The van der Waals surface area contributed by atoms with E-state index in [1.165, 1.54) is 33.2 Å². The van der Waals surface area contributed by atoms with Gasteiger partial charge in [0.25, 0.3) is 5.91 Å². The van der Waals surface area contributed by atoms with Crippen LogP contribution in [0.1, 0.15) is 83.7 Å². The fraction of sp³-hybridized carbons (Fsp3) is 0.553. The quantitative estimate of drug-likeness (QED) is 0.186. The van der Waals surface area contributed by atoms with Crippen LogP contribution in [0.2, 0.25) is 0 Å². The van der Waals surface area contributed by atoms with Gasteiger partial charge in [-0.05, 0) is 74.8 Å². The van der Waals surface area contributed by atoms with E-state index in [1.54, 1.807) is 20.4 Å². The number of rotatable bonds is 9. The number of nitrogens with zero attached hydrogens (tertiary/aromatic N) is 6. The lowest BCUT2D eigenvalue weighted by atomic mass is 9.84. The molecule has 1 aromatic carbocycles. The number of cyclic esters (lactones) is 1. The summed E-state index contributed by atoms with van der Waals surface area (Å²) in [5.41, 5.74) is 9.24. The van der Waals surface area contributed by atoms with Gasteiger partial charge in [0.15, 0.2) is 0 Å². The van der Waals surface area contributed by atoms with E-state index in [9.17, 15) is 24.0 Å². The minimum absolute atomic E-state index is 0.0593. The van der Waals surface area contributed by atoms with Crippen LogP contribution < -0.4 is 16.1 Å². The number of carbonyl (C=O) groups excluding carboxylic acids is 5. The molecule has 4 aromatic rings. The number of carbonyl (C=O) groups is 5. The fourth-order valence-electron chi connectivity index (χ4n) is 9.39. The van der Waals surface area contributed by atoms with Crippen LogP contribution in [0.4, 0.5) is 4.79 Å². The Bertz CT molecular complexity index is 2410. The normalized spacial score (nSPS) is 22.3. The summed E-state index contributed by atoms with van der Waals surface area (Å²) >= 11 is 1.40. The third-order valence-corrected chi connectivity index (χ3v) is 13.7. The van der Waals surface area contributed by atoms with Crippen LogP contribution in [0.5, 0.6) is 0 Å². The number of aryl methyl sites for hydroxylation is 1. The Labute approximate surface area is 379 Å². The third-order valence-electron chi connectivity index (χ3n) is 12.8. The molecule has 3 aliphatic heterocycles. The van der Waals surface area contributed by atoms with E-state index in [4.69, 9.17) is 19.4 Å². The predicted octanol–water partition coefficient (Wildman–Crippen LogP) is 5.35. The minimum atomic E-state index is -1.11. The molecule has 344 valence electrons. The highest BCUT2D eigenvalue weighted by Gasteiger charge is 2.43. The van der Waals surface area contributed by atoms with Crippen LogP contribution in [0.25, 0.3) is 33.4 Å². The number of fused-ring (bicyclic) bond motifs is 6. The van der Waals surface area contributed by atoms with Crippen molar-refractivity contribution in [3.05, 3.63) is 58.2 Å². The summed E-state index contributed by atoms with van der Waals surface area (Å²) in [6.45, 7) is 15.4. The summed E-state index contributed by atoms with van der Waals surface area (Å²) in [5, 5.41) is 10.7.